The van der Waals surface area contributed by atoms with Gasteiger partial charge in [0.25, 0.3) is 11.5 Å². The lowest BCUT2D eigenvalue weighted by Gasteiger charge is -2.13. The number of halogens is 4. The Hall–Kier alpha value is -4.65. The number of carbonyl (C=O) groups is 1. The standard InChI is InChI=1S/C25H20F4N4O5/c1-32-22(20-17(26)10-16(37-2)11-18(20)27)21(24(36)33(32)19-5-3-4-14(12-34)30-19)31-23(35)13-6-8-15(9-7-13)38-25(28)29/h3-11,25,34H,12H2,1-2H3,(H,31,35). The lowest BCUT2D eigenvalue weighted by molar-refractivity contribution is -0.0498. The number of anilines is 1. The first-order chi connectivity index (χ1) is 18.1. The lowest BCUT2D eigenvalue weighted by atomic mass is 10.1. The van der Waals surface area contributed by atoms with Crippen LogP contribution in [-0.4, -0.2) is 39.1 Å². The fourth-order valence-corrected chi connectivity index (χ4v) is 3.80. The number of hydrogen-bond donors (Lipinski definition) is 2. The third-order valence-corrected chi connectivity index (χ3v) is 5.51. The summed E-state index contributed by atoms with van der Waals surface area (Å²) in [5.41, 5.74) is -2.15. The minimum Gasteiger partial charge on any atom is -0.497 e. The monoisotopic (exact) mass is 532 g/mol. The van der Waals surface area contributed by atoms with Gasteiger partial charge in [0.15, 0.2) is 5.82 Å². The number of carbonyl (C=O) groups excluding carboxylic acids is 1. The number of nitrogens with one attached hydrogen (secondary N) is 1. The Labute approximate surface area is 212 Å². The van der Waals surface area contributed by atoms with Gasteiger partial charge in [0.1, 0.15) is 34.5 Å². The molecule has 13 heteroatoms. The van der Waals surface area contributed by atoms with Gasteiger partial charge in [0.05, 0.1) is 25.0 Å². The molecule has 0 bridgehead atoms. The van der Waals surface area contributed by atoms with E-state index in [0.29, 0.717) is 0 Å². The molecule has 4 rings (SSSR count). The molecule has 2 N–H and O–H groups in total. The highest BCUT2D eigenvalue weighted by atomic mass is 19.3. The Morgan fingerprint density at radius 2 is 1.74 bits per heavy atom. The smallest absolute Gasteiger partial charge is 0.387 e. The zero-order valence-corrected chi connectivity index (χ0v) is 19.9. The normalized spacial score (nSPS) is 11.1. The average molecular weight is 532 g/mol. The van der Waals surface area contributed by atoms with Crippen LogP contribution in [0.2, 0.25) is 0 Å². The Morgan fingerprint density at radius 3 is 2.32 bits per heavy atom. The number of rotatable bonds is 8. The summed E-state index contributed by atoms with van der Waals surface area (Å²) in [5, 5.41) is 11.8. The van der Waals surface area contributed by atoms with Crippen LogP contribution < -0.4 is 20.3 Å². The predicted molar refractivity (Wildman–Crippen MR) is 128 cm³/mol. The van der Waals surface area contributed by atoms with Gasteiger partial charge in [0, 0.05) is 24.7 Å². The maximum Gasteiger partial charge on any atom is 0.387 e. The molecular weight excluding hydrogens is 512 g/mol. The Morgan fingerprint density at radius 1 is 1.08 bits per heavy atom. The van der Waals surface area contributed by atoms with E-state index in [-0.39, 0.29) is 34.3 Å². The molecule has 0 aliphatic heterocycles. The van der Waals surface area contributed by atoms with Crippen molar-refractivity contribution in [3.05, 3.63) is 87.8 Å². The van der Waals surface area contributed by atoms with Crippen LogP contribution in [-0.2, 0) is 13.7 Å². The number of hydrogen-bond acceptors (Lipinski definition) is 6. The molecule has 0 aliphatic rings. The van der Waals surface area contributed by atoms with Crippen molar-refractivity contribution in [2.75, 3.05) is 12.4 Å². The fraction of sp³-hybridized carbons (Fsp3) is 0.160. The summed E-state index contributed by atoms with van der Waals surface area (Å²) >= 11 is 0. The minimum absolute atomic E-state index is 0.00799. The third-order valence-electron chi connectivity index (χ3n) is 5.51. The molecule has 0 saturated heterocycles. The number of alkyl halides is 2. The number of amides is 1. The molecule has 2 aromatic heterocycles. The van der Waals surface area contributed by atoms with Crippen LogP contribution in [0.4, 0.5) is 23.2 Å². The predicted octanol–water partition coefficient (Wildman–Crippen LogP) is 3.87. The summed E-state index contributed by atoms with van der Waals surface area (Å²) in [6.45, 7) is -3.50. The largest absolute Gasteiger partial charge is 0.497 e. The second kappa shape index (κ2) is 10.8. The Kier molecular flexibility index (Phi) is 7.48. The Bertz CT molecular complexity index is 1530. The molecule has 0 saturated carbocycles. The molecule has 4 aromatic rings. The topological polar surface area (TPSA) is 108 Å². The van der Waals surface area contributed by atoms with Crippen LogP contribution in [0.3, 0.4) is 0 Å². The van der Waals surface area contributed by atoms with E-state index in [1.54, 1.807) is 0 Å². The number of methoxy groups -OCH3 is 1. The third kappa shape index (κ3) is 5.09. The summed E-state index contributed by atoms with van der Waals surface area (Å²) in [5.74, 6) is -3.31. The molecule has 0 aliphatic carbocycles. The van der Waals surface area contributed by atoms with E-state index >= 15 is 8.78 Å². The van der Waals surface area contributed by atoms with Gasteiger partial charge in [-0.3, -0.25) is 14.3 Å². The number of aliphatic hydroxyl groups is 1. The first-order valence-electron chi connectivity index (χ1n) is 10.9. The second-order valence-electron chi connectivity index (χ2n) is 7.83. The SMILES string of the molecule is COc1cc(F)c(-c2c(NC(=O)c3ccc(OC(F)F)cc3)c(=O)n(-c3cccc(CO)n3)n2C)c(F)c1. The summed E-state index contributed by atoms with van der Waals surface area (Å²) < 4.78 is 66.3. The van der Waals surface area contributed by atoms with Crippen LogP contribution in [0.1, 0.15) is 16.1 Å². The minimum atomic E-state index is -3.06. The molecule has 0 spiro atoms. The maximum absolute atomic E-state index is 15.1. The molecule has 0 unspecified atom stereocenters. The zero-order valence-electron chi connectivity index (χ0n) is 19.9. The van der Waals surface area contributed by atoms with Crippen molar-refractivity contribution in [1.82, 2.24) is 14.3 Å². The van der Waals surface area contributed by atoms with Crippen LogP contribution in [0.15, 0.2) is 59.4 Å². The van der Waals surface area contributed by atoms with E-state index in [4.69, 9.17) is 4.74 Å². The van der Waals surface area contributed by atoms with Gasteiger partial charge in [-0.1, -0.05) is 6.07 Å². The van der Waals surface area contributed by atoms with Crippen molar-refractivity contribution >= 4 is 11.6 Å². The van der Waals surface area contributed by atoms with Crippen LogP contribution in [0, 0.1) is 11.6 Å². The van der Waals surface area contributed by atoms with Gasteiger partial charge in [-0.25, -0.2) is 13.8 Å². The molecule has 198 valence electrons. The second-order valence-corrected chi connectivity index (χ2v) is 7.83. The van der Waals surface area contributed by atoms with Crippen molar-refractivity contribution in [2.45, 2.75) is 13.2 Å². The molecule has 0 fully saturated rings. The van der Waals surface area contributed by atoms with E-state index in [9.17, 15) is 23.5 Å². The highest BCUT2D eigenvalue weighted by molar-refractivity contribution is 6.06. The van der Waals surface area contributed by atoms with Crippen molar-refractivity contribution in [1.29, 1.82) is 0 Å². The number of aliphatic hydroxyl groups excluding tert-OH is 1. The van der Waals surface area contributed by atoms with Gasteiger partial charge in [0.2, 0.25) is 0 Å². The van der Waals surface area contributed by atoms with E-state index in [0.717, 1.165) is 33.6 Å². The van der Waals surface area contributed by atoms with Gasteiger partial charge < -0.3 is 19.9 Å². The van der Waals surface area contributed by atoms with E-state index in [1.165, 1.54) is 44.5 Å². The molecule has 0 radical (unpaired) electrons. The summed E-state index contributed by atoms with van der Waals surface area (Å²) in [6.07, 6.45) is 0. The van der Waals surface area contributed by atoms with Gasteiger partial charge in [-0.05, 0) is 36.4 Å². The van der Waals surface area contributed by atoms with Gasteiger partial charge in [-0.2, -0.15) is 13.5 Å². The quantitative estimate of drug-likeness (QED) is 0.334. The maximum atomic E-state index is 15.1. The van der Waals surface area contributed by atoms with Crippen molar-refractivity contribution in [3.63, 3.8) is 0 Å². The molecule has 38 heavy (non-hydrogen) atoms. The van der Waals surface area contributed by atoms with Crippen LogP contribution in [0.25, 0.3) is 17.1 Å². The summed E-state index contributed by atoms with van der Waals surface area (Å²) in [6, 6.07) is 10.9. The zero-order chi connectivity index (χ0) is 27.6. The number of benzene rings is 2. The number of ether oxygens (including phenoxy) is 2. The number of nitrogens with zero attached hydrogens (tertiary/aromatic N) is 3. The molecule has 2 heterocycles. The lowest BCUT2D eigenvalue weighted by Crippen LogP contribution is -2.24. The van der Waals surface area contributed by atoms with E-state index in [1.807, 2.05) is 0 Å². The summed E-state index contributed by atoms with van der Waals surface area (Å²) in [4.78, 5) is 30.7. The molecule has 9 nitrogen and oxygen atoms in total. The Balaban J connectivity index is 1.87. The van der Waals surface area contributed by atoms with Crippen LogP contribution >= 0.6 is 0 Å². The van der Waals surface area contributed by atoms with Crippen molar-refractivity contribution in [2.24, 2.45) is 7.05 Å². The molecule has 0 atom stereocenters. The van der Waals surface area contributed by atoms with Gasteiger partial charge >= 0.3 is 6.61 Å². The van der Waals surface area contributed by atoms with Gasteiger partial charge in [-0.15, -0.1) is 0 Å². The molecule has 1 amide bonds. The number of pyridine rings is 1. The number of aromatic nitrogens is 3. The van der Waals surface area contributed by atoms with Crippen LogP contribution in [0.5, 0.6) is 11.5 Å². The van der Waals surface area contributed by atoms with E-state index in [2.05, 4.69) is 15.0 Å². The first kappa shape index (κ1) is 26.4. The first-order valence-corrected chi connectivity index (χ1v) is 10.9. The fourth-order valence-electron chi connectivity index (χ4n) is 3.80. The highest BCUT2D eigenvalue weighted by Crippen LogP contribution is 2.34. The molecule has 2 aromatic carbocycles. The average Bonchev–Trinajstić information content (AvgIpc) is 3.12. The van der Waals surface area contributed by atoms with E-state index < -0.39 is 47.6 Å². The molecular formula is C25H20F4N4O5. The van der Waals surface area contributed by atoms with Crippen molar-refractivity contribution < 1.29 is 36.9 Å². The summed E-state index contributed by atoms with van der Waals surface area (Å²) in [7, 11) is 2.56. The highest BCUT2D eigenvalue weighted by Gasteiger charge is 2.28. The van der Waals surface area contributed by atoms with Crippen molar-refractivity contribution in [3.8, 4) is 28.6 Å².